The standard InChI is InChI=1S/C21H21N3O4S/c1-13-4-5-16(14(2)8-13)10-24(3)19(25)11-29-21-23-22-20(28-21)15-6-7-17-18(9-15)27-12-26-17/h4-9H,10-12H2,1-3H3. The van der Waals surface area contributed by atoms with Gasteiger partial charge in [0.1, 0.15) is 0 Å². The SMILES string of the molecule is Cc1ccc(CN(C)C(=O)CSc2nnc(-c3ccc4c(c3)OCO4)o2)c(C)c1. The first kappa shape index (κ1) is 19.3. The highest BCUT2D eigenvalue weighted by molar-refractivity contribution is 7.99. The summed E-state index contributed by atoms with van der Waals surface area (Å²) >= 11 is 1.23. The Morgan fingerprint density at radius 3 is 2.76 bits per heavy atom. The van der Waals surface area contributed by atoms with Crippen LogP contribution in [-0.4, -0.2) is 40.6 Å². The van der Waals surface area contributed by atoms with E-state index in [4.69, 9.17) is 13.9 Å². The zero-order chi connectivity index (χ0) is 20.4. The van der Waals surface area contributed by atoms with Crippen molar-refractivity contribution in [3.8, 4) is 23.0 Å². The van der Waals surface area contributed by atoms with Gasteiger partial charge in [0, 0.05) is 19.2 Å². The number of carbonyl (C=O) groups is 1. The molecule has 0 fully saturated rings. The van der Waals surface area contributed by atoms with Gasteiger partial charge in [0.05, 0.1) is 5.75 Å². The minimum atomic E-state index is -0.00203. The molecule has 1 aliphatic rings. The normalized spacial score (nSPS) is 12.2. The van der Waals surface area contributed by atoms with E-state index in [2.05, 4.69) is 42.2 Å². The van der Waals surface area contributed by atoms with Gasteiger partial charge in [0.15, 0.2) is 11.5 Å². The number of hydrogen-bond acceptors (Lipinski definition) is 7. The van der Waals surface area contributed by atoms with Crippen LogP contribution in [0.15, 0.2) is 46.0 Å². The third kappa shape index (κ3) is 4.37. The first-order valence-corrected chi connectivity index (χ1v) is 10.1. The largest absolute Gasteiger partial charge is 0.454 e. The molecule has 0 saturated carbocycles. The lowest BCUT2D eigenvalue weighted by Gasteiger charge is -2.18. The van der Waals surface area contributed by atoms with E-state index in [1.165, 1.54) is 22.9 Å². The van der Waals surface area contributed by atoms with E-state index in [9.17, 15) is 4.79 Å². The Balaban J connectivity index is 1.35. The molecule has 2 heterocycles. The molecule has 3 aromatic rings. The molecule has 0 radical (unpaired) electrons. The smallest absolute Gasteiger partial charge is 0.277 e. The number of amides is 1. The summed E-state index contributed by atoms with van der Waals surface area (Å²) in [4.78, 5) is 14.2. The summed E-state index contributed by atoms with van der Waals surface area (Å²) < 4.78 is 16.4. The van der Waals surface area contributed by atoms with E-state index in [1.54, 1.807) is 24.1 Å². The molecule has 0 atom stereocenters. The van der Waals surface area contributed by atoms with Crippen molar-refractivity contribution in [2.45, 2.75) is 25.6 Å². The molecule has 0 saturated heterocycles. The molecule has 150 valence electrons. The molecule has 1 aliphatic heterocycles. The number of fused-ring (bicyclic) bond motifs is 1. The van der Waals surface area contributed by atoms with Crippen LogP contribution in [0.25, 0.3) is 11.5 Å². The van der Waals surface area contributed by atoms with Crippen molar-refractivity contribution in [1.29, 1.82) is 0 Å². The molecule has 0 bridgehead atoms. The highest BCUT2D eigenvalue weighted by Crippen LogP contribution is 2.36. The number of aryl methyl sites for hydroxylation is 2. The molecule has 8 heteroatoms. The van der Waals surface area contributed by atoms with Crippen LogP contribution in [0, 0.1) is 13.8 Å². The van der Waals surface area contributed by atoms with Crippen LogP contribution in [0.2, 0.25) is 0 Å². The number of nitrogens with zero attached hydrogens (tertiary/aromatic N) is 3. The number of benzene rings is 2. The lowest BCUT2D eigenvalue weighted by Crippen LogP contribution is -2.28. The van der Waals surface area contributed by atoms with Crippen LogP contribution in [0.1, 0.15) is 16.7 Å². The summed E-state index contributed by atoms with van der Waals surface area (Å²) in [5.41, 5.74) is 4.28. The number of aromatic nitrogens is 2. The second kappa shape index (κ2) is 8.16. The van der Waals surface area contributed by atoms with Gasteiger partial charge in [-0.15, -0.1) is 10.2 Å². The van der Waals surface area contributed by atoms with Crippen molar-refractivity contribution in [2.24, 2.45) is 0 Å². The van der Waals surface area contributed by atoms with Crippen LogP contribution < -0.4 is 9.47 Å². The average Bonchev–Trinajstić information content (AvgIpc) is 3.36. The fourth-order valence-electron chi connectivity index (χ4n) is 3.01. The van der Waals surface area contributed by atoms with E-state index in [0.717, 1.165) is 11.1 Å². The lowest BCUT2D eigenvalue weighted by molar-refractivity contribution is -0.127. The van der Waals surface area contributed by atoms with Gasteiger partial charge in [0.2, 0.25) is 18.6 Å². The molecule has 0 aliphatic carbocycles. The maximum Gasteiger partial charge on any atom is 0.277 e. The minimum absolute atomic E-state index is 0.00203. The minimum Gasteiger partial charge on any atom is -0.454 e. The first-order chi connectivity index (χ1) is 14.0. The van der Waals surface area contributed by atoms with Gasteiger partial charge in [-0.1, -0.05) is 35.5 Å². The molecular formula is C21H21N3O4S. The zero-order valence-electron chi connectivity index (χ0n) is 16.5. The van der Waals surface area contributed by atoms with Crippen LogP contribution in [0.5, 0.6) is 11.5 Å². The van der Waals surface area contributed by atoms with Crippen molar-refractivity contribution < 1.29 is 18.7 Å². The molecule has 7 nitrogen and oxygen atoms in total. The highest BCUT2D eigenvalue weighted by Gasteiger charge is 2.18. The second-order valence-electron chi connectivity index (χ2n) is 6.91. The molecular weight excluding hydrogens is 390 g/mol. The number of ether oxygens (including phenoxy) is 2. The summed E-state index contributed by atoms with van der Waals surface area (Å²) in [6.45, 7) is 4.90. The van der Waals surface area contributed by atoms with E-state index < -0.39 is 0 Å². The fraction of sp³-hybridized carbons (Fsp3) is 0.286. The van der Waals surface area contributed by atoms with Crippen molar-refractivity contribution >= 4 is 17.7 Å². The number of rotatable bonds is 6. The van der Waals surface area contributed by atoms with Crippen molar-refractivity contribution in [1.82, 2.24) is 15.1 Å². The predicted octanol–water partition coefficient (Wildman–Crippen LogP) is 3.83. The molecule has 0 N–H and O–H groups in total. The fourth-order valence-corrected chi connectivity index (χ4v) is 3.72. The van der Waals surface area contributed by atoms with Crippen LogP contribution in [0.4, 0.5) is 0 Å². The Labute approximate surface area is 173 Å². The van der Waals surface area contributed by atoms with Gasteiger partial charge < -0.3 is 18.8 Å². The molecule has 1 amide bonds. The predicted molar refractivity (Wildman–Crippen MR) is 109 cm³/mol. The van der Waals surface area contributed by atoms with Crippen molar-refractivity contribution in [2.75, 3.05) is 19.6 Å². The van der Waals surface area contributed by atoms with E-state index in [0.29, 0.717) is 29.2 Å². The Hall–Kier alpha value is -3.00. The maximum absolute atomic E-state index is 12.5. The quantitative estimate of drug-likeness (QED) is 0.571. The van der Waals surface area contributed by atoms with Gasteiger partial charge in [0.25, 0.3) is 5.22 Å². The lowest BCUT2D eigenvalue weighted by atomic mass is 10.1. The molecule has 4 rings (SSSR count). The van der Waals surface area contributed by atoms with Crippen molar-refractivity contribution in [3.05, 3.63) is 53.1 Å². The highest BCUT2D eigenvalue weighted by atomic mass is 32.2. The summed E-state index contributed by atoms with van der Waals surface area (Å²) in [7, 11) is 1.80. The first-order valence-electron chi connectivity index (χ1n) is 9.16. The van der Waals surface area contributed by atoms with Crippen molar-refractivity contribution in [3.63, 3.8) is 0 Å². The molecule has 1 aromatic heterocycles. The molecule has 0 spiro atoms. The number of thioether (sulfide) groups is 1. The van der Waals surface area contributed by atoms with Gasteiger partial charge in [-0.2, -0.15) is 0 Å². The molecule has 29 heavy (non-hydrogen) atoms. The monoisotopic (exact) mass is 411 g/mol. The average molecular weight is 411 g/mol. The molecule has 0 unspecified atom stereocenters. The third-order valence-corrected chi connectivity index (χ3v) is 5.48. The summed E-state index contributed by atoms with van der Waals surface area (Å²) in [6, 6.07) is 11.7. The van der Waals surface area contributed by atoms with Gasteiger partial charge in [-0.05, 0) is 43.2 Å². The Morgan fingerprint density at radius 1 is 1.10 bits per heavy atom. The van der Waals surface area contributed by atoms with Gasteiger partial charge in [-0.25, -0.2) is 0 Å². The Morgan fingerprint density at radius 2 is 1.93 bits per heavy atom. The van der Waals surface area contributed by atoms with Gasteiger partial charge >= 0.3 is 0 Å². The maximum atomic E-state index is 12.5. The summed E-state index contributed by atoms with van der Waals surface area (Å²) in [5, 5.41) is 8.44. The topological polar surface area (TPSA) is 77.7 Å². The number of carbonyl (C=O) groups excluding carboxylic acids is 1. The van der Waals surface area contributed by atoms with Crippen LogP contribution >= 0.6 is 11.8 Å². The Kier molecular flexibility index (Phi) is 5.44. The van der Waals surface area contributed by atoms with E-state index in [-0.39, 0.29) is 18.5 Å². The molecule has 2 aromatic carbocycles. The van der Waals surface area contributed by atoms with E-state index in [1.807, 2.05) is 6.07 Å². The Bertz CT molecular complexity index is 1050. The van der Waals surface area contributed by atoms with Crippen LogP contribution in [-0.2, 0) is 11.3 Å². The number of hydrogen-bond donors (Lipinski definition) is 0. The summed E-state index contributed by atoms with van der Waals surface area (Å²) in [6.07, 6.45) is 0. The van der Waals surface area contributed by atoms with Gasteiger partial charge in [-0.3, -0.25) is 4.79 Å². The summed E-state index contributed by atoms with van der Waals surface area (Å²) in [5.74, 6) is 1.95. The second-order valence-corrected chi connectivity index (χ2v) is 7.84. The zero-order valence-corrected chi connectivity index (χ0v) is 17.3. The van der Waals surface area contributed by atoms with E-state index >= 15 is 0 Å². The van der Waals surface area contributed by atoms with Crippen LogP contribution in [0.3, 0.4) is 0 Å². The third-order valence-electron chi connectivity index (χ3n) is 4.68.